The fourth-order valence-corrected chi connectivity index (χ4v) is 3.49. The molecule has 0 bridgehead atoms. The molecule has 1 aromatic carbocycles. The maximum atomic E-state index is 12.8. The summed E-state index contributed by atoms with van der Waals surface area (Å²) >= 11 is 0. The van der Waals surface area contributed by atoms with Gasteiger partial charge in [0.2, 0.25) is 12.3 Å². The lowest BCUT2D eigenvalue weighted by molar-refractivity contribution is -0.683. The highest BCUT2D eigenvalue weighted by Crippen LogP contribution is 2.23. The number of para-hydroxylation sites is 1. The van der Waals surface area contributed by atoms with Crippen LogP contribution in [0.1, 0.15) is 54.2 Å². The number of Topliss-reactive ketones (excluding diaryl/α,β-unsaturated/α-hetero) is 1. The van der Waals surface area contributed by atoms with Gasteiger partial charge in [0.15, 0.2) is 12.4 Å². The lowest BCUT2D eigenvalue weighted by atomic mass is 9.95. The third kappa shape index (κ3) is 3.12. The summed E-state index contributed by atoms with van der Waals surface area (Å²) in [5, 5.41) is 1.01. The Hall–Kier alpha value is -2.42. The number of pyridine rings is 1. The van der Waals surface area contributed by atoms with Crippen molar-refractivity contribution >= 4 is 16.7 Å². The van der Waals surface area contributed by atoms with E-state index in [4.69, 9.17) is 0 Å². The maximum absolute atomic E-state index is 12.8. The van der Waals surface area contributed by atoms with E-state index in [2.05, 4.69) is 31.0 Å². The Labute approximate surface area is 143 Å². The van der Waals surface area contributed by atoms with Crippen molar-refractivity contribution in [1.82, 2.24) is 4.98 Å². The van der Waals surface area contributed by atoms with E-state index in [0.717, 1.165) is 35.0 Å². The van der Waals surface area contributed by atoms with Crippen LogP contribution in [-0.2, 0) is 6.54 Å². The number of hydrogen-bond donors (Lipinski definition) is 1. The molecule has 0 amide bonds. The van der Waals surface area contributed by atoms with Gasteiger partial charge in [-0.15, -0.1) is 0 Å². The van der Waals surface area contributed by atoms with Gasteiger partial charge in [0.25, 0.3) is 0 Å². The number of rotatable bonds is 6. The molecule has 3 aromatic rings. The summed E-state index contributed by atoms with van der Waals surface area (Å²) < 4.78 is 1.97. The number of ketones is 1. The largest absolute Gasteiger partial charge is 0.358 e. The number of nitrogens with one attached hydrogen (secondary N) is 1. The topological polar surface area (TPSA) is 36.7 Å². The molecule has 0 aliphatic carbocycles. The van der Waals surface area contributed by atoms with Crippen LogP contribution in [0, 0.1) is 6.92 Å². The smallest absolute Gasteiger partial charge is 0.229 e. The number of nitrogens with zero attached hydrogens (tertiary/aromatic N) is 1. The quantitative estimate of drug-likeness (QED) is 0.525. The summed E-state index contributed by atoms with van der Waals surface area (Å²) in [5.41, 5.74) is 4.12. The van der Waals surface area contributed by atoms with E-state index in [0.29, 0.717) is 12.5 Å². The van der Waals surface area contributed by atoms with E-state index < -0.39 is 0 Å². The lowest BCUT2D eigenvalue weighted by Crippen LogP contribution is -2.37. The van der Waals surface area contributed by atoms with Crippen molar-refractivity contribution in [3.63, 3.8) is 0 Å². The fraction of sp³-hybridized carbons (Fsp3) is 0.333. The Morgan fingerprint density at radius 2 is 1.75 bits per heavy atom. The zero-order chi connectivity index (χ0) is 17.1. The molecule has 0 saturated heterocycles. The number of benzene rings is 1. The molecule has 3 rings (SSSR count). The highest BCUT2D eigenvalue weighted by atomic mass is 16.1. The Bertz CT molecular complexity index is 842. The second-order valence-corrected chi connectivity index (χ2v) is 6.41. The van der Waals surface area contributed by atoms with Crippen molar-refractivity contribution in [2.24, 2.45) is 0 Å². The molecule has 124 valence electrons. The summed E-state index contributed by atoms with van der Waals surface area (Å²) in [7, 11) is 0. The number of carbonyl (C=O) groups is 1. The molecule has 0 spiro atoms. The minimum absolute atomic E-state index is 0.144. The Kier molecular flexibility index (Phi) is 4.79. The van der Waals surface area contributed by atoms with Gasteiger partial charge >= 0.3 is 0 Å². The van der Waals surface area contributed by atoms with Crippen LogP contribution in [0.3, 0.4) is 0 Å². The predicted octanol–water partition coefficient (Wildman–Crippen LogP) is 4.55. The van der Waals surface area contributed by atoms with Crippen LogP contribution in [-0.4, -0.2) is 10.8 Å². The standard InChI is InChI=1S/C21H24N2O/c1-4-16(5-2)17-10-12-23(13-11-17)14-20(24)21-15(3)22-19-9-7-6-8-18(19)21/h6-13,16H,4-5,14H2,1-3H3/p+1. The first-order valence-electron chi connectivity index (χ1n) is 8.73. The van der Waals surface area contributed by atoms with Crippen molar-refractivity contribution in [3.8, 4) is 0 Å². The van der Waals surface area contributed by atoms with Crippen molar-refractivity contribution in [1.29, 1.82) is 0 Å². The van der Waals surface area contributed by atoms with Gasteiger partial charge in [-0.1, -0.05) is 32.0 Å². The van der Waals surface area contributed by atoms with Crippen LogP contribution in [0.2, 0.25) is 0 Å². The minimum atomic E-state index is 0.144. The van der Waals surface area contributed by atoms with Crippen LogP contribution >= 0.6 is 0 Å². The third-order valence-corrected chi connectivity index (χ3v) is 4.87. The van der Waals surface area contributed by atoms with Crippen LogP contribution in [0.15, 0.2) is 48.8 Å². The molecule has 0 radical (unpaired) electrons. The number of carbonyl (C=O) groups excluding carboxylic acids is 1. The first-order valence-corrected chi connectivity index (χ1v) is 8.73. The van der Waals surface area contributed by atoms with Crippen LogP contribution in [0.5, 0.6) is 0 Å². The zero-order valence-corrected chi connectivity index (χ0v) is 14.7. The van der Waals surface area contributed by atoms with Crippen LogP contribution in [0.4, 0.5) is 0 Å². The van der Waals surface area contributed by atoms with E-state index >= 15 is 0 Å². The molecule has 0 fully saturated rings. The van der Waals surface area contributed by atoms with Gasteiger partial charge in [0, 0.05) is 28.7 Å². The van der Waals surface area contributed by atoms with Gasteiger partial charge in [0.1, 0.15) is 0 Å². The second kappa shape index (κ2) is 7.00. The summed E-state index contributed by atoms with van der Waals surface area (Å²) in [6, 6.07) is 12.3. The van der Waals surface area contributed by atoms with Crippen LogP contribution in [0.25, 0.3) is 10.9 Å². The normalized spacial score (nSPS) is 11.3. The highest BCUT2D eigenvalue weighted by molar-refractivity contribution is 6.08. The van der Waals surface area contributed by atoms with Crippen molar-refractivity contribution < 1.29 is 9.36 Å². The predicted molar refractivity (Wildman–Crippen MR) is 97.3 cm³/mol. The monoisotopic (exact) mass is 321 g/mol. The van der Waals surface area contributed by atoms with Gasteiger partial charge in [0.05, 0.1) is 5.56 Å². The summed E-state index contributed by atoms with van der Waals surface area (Å²) in [6.07, 6.45) is 6.34. The SMILES string of the molecule is CCC(CC)c1cc[n+](CC(=O)c2c(C)[nH]c3ccccc23)cc1. The molecule has 24 heavy (non-hydrogen) atoms. The fourth-order valence-electron chi connectivity index (χ4n) is 3.49. The van der Waals surface area contributed by atoms with Gasteiger partial charge in [-0.25, -0.2) is 0 Å². The first kappa shape index (κ1) is 16.4. The first-order chi connectivity index (χ1) is 11.6. The molecule has 0 saturated carbocycles. The van der Waals surface area contributed by atoms with Gasteiger partial charge in [-0.05, 0) is 37.3 Å². The highest BCUT2D eigenvalue weighted by Gasteiger charge is 2.19. The maximum Gasteiger partial charge on any atom is 0.229 e. The van der Waals surface area contributed by atoms with E-state index in [1.54, 1.807) is 0 Å². The van der Waals surface area contributed by atoms with E-state index in [1.165, 1.54) is 5.56 Å². The van der Waals surface area contributed by atoms with Crippen molar-refractivity contribution in [3.05, 3.63) is 65.6 Å². The lowest BCUT2D eigenvalue weighted by Gasteiger charge is -2.11. The van der Waals surface area contributed by atoms with E-state index in [9.17, 15) is 4.79 Å². The molecule has 0 atom stereocenters. The summed E-state index contributed by atoms with van der Waals surface area (Å²) in [6.45, 7) is 6.77. The number of fused-ring (bicyclic) bond motifs is 1. The Morgan fingerprint density at radius 1 is 1.08 bits per heavy atom. The van der Waals surface area contributed by atoms with E-state index in [-0.39, 0.29) is 5.78 Å². The van der Waals surface area contributed by atoms with Gasteiger partial charge in [-0.3, -0.25) is 4.79 Å². The Balaban J connectivity index is 1.83. The third-order valence-electron chi connectivity index (χ3n) is 4.87. The molecular weight excluding hydrogens is 296 g/mol. The van der Waals surface area contributed by atoms with E-state index in [1.807, 2.05) is 48.1 Å². The number of aromatic amines is 1. The molecule has 2 heterocycles. The molecule has 3 heteroatoms. The van der Waals surface area contributed by atoms with Gasteiger partial charge < -0.3 is 4.98 Å². The Morgan fingerprint density at radius 3 is 2.42 bits per heavy atom. The second-order valence-electron chi connectivity index (χ2n) is 6.41. The number of hydrogen-bond acceptors (Lipinski definition) is 1. The molecule has 1 N–H and O–H groups in total. The number of aromatic nitrogens is 2. The average Bonchev–Trinajstić information content (AvgIpc) is 2.93. The molecule has 3 nitrogen and oxygen atoms in total. The number of H-pyrrole nitrogens is 1. The number of aryl methyl sites for hydroxylation is 1. The minimum Gasteiger partial charge on any atom is -0.358 e. The summed E-state index contributed by atoms with van der Waals surface area (Å²) in [5.74, 6) is 0.747. The molecule has 0 aliphatic rings. The molecular formula is C21H25N2O+. The molecule has 2 aromatic heterocycles. The van der Waals surface area contributed by atoms with Crippen molar-refractivity contribution in [2.75, 3.05) is 0 Å². The molecule has 0 aliphatic heterocycles. The van der Waals surface area contributed by atoms with Crippen LogP contribution < -0.4 is 4.57 Å². The molecule has 0 unspecified atom stereocenters. The van der Waals surface area contributed by atoms with Crippen molar-refractivity contribution in [2.45, 2.75) is 46.1 Å². The average molecular weight is 321 g/mol. The summed E-state index contributed by atoms with van der Waals surface area (Å²) in [4.78, 5) is 16.1. The van der Waals surface area contributed by atoms with Gasteiger partial charge in [-0.2, -0.15) is 4.57 Å². The zero-order valence-electron chi connectivity index (χ0n) is 14.7.